The summed E-state index contributed by atoms with van der Waals surface area (Å²) >= 11 is 3.10. The predicted octanol–water partition coefficient (Wildman–Crippen LogP) is 4.36. The topological polar surface area (TPSA) is 29.5 Å². The lowest BCUT2D eigenvalue weighted by atomic mass is 10.1. The van der Waals surface area contributed by atoms with Crippen molar-refractivity contribution in [2.75, 3.05) is 0 Å². The van der Waals surface area contributed by atoms with E-state index in [2.05, 4.69) is 15.9 Å². The van der Waals surface area contributed by atoms with Gasteiger partial charge in [0.25, 0.3) is 0 Å². The van der Waals surface area contributed by atoms with Crippen LogP contribution >= 0.6 is 15.9 Å². The Morgan fingerprint density at radius 2 is 1.95 bits per heavy atom. The smallest absolute Gasteiger partial charge is 0.137 e. The van der Waals surface area contributed by atoms with Gasteiger partial charge in [-0.25, -0.2) is 8.78 Å². The second-order valence-electron chi connectivity index (χ2n) is 4.40. The fourth-order valence-electron chi connectivity index (χ4n) is 1.77. The lowest BCUT2D eigenvalue weighted by Crippen LogP contribution is -2.02. The minimum absolute atomic E-state index is 0.199. The Labute approximate surface area is 124 Å². The van der Waals surface area contributed by atoms with Gasteiger partial charge < -0.3 is 9.84 Å². The highest BCUT2D eigenvalue weighted by atomic mass is 79.9. The van der Waals surface area contributed by atoms with Crippen LogP contribution in [0.3, 0.4) is 0 Å². The first-order valence-corrected chi connectivity index (χ1v) is 6.81. The van der Waals surface area contributed by atoms with E-state index in [-0.39, 0.29) is 12.4 Å². The molecule has 1 N–H and O–H groups in total. The normalized spacial score (nSPS) is 12.2. The minimum atomic E-state index is -0.833. The van der Waals surface area contributed by atoms with Gasteiger partial charge in [0.1, 0.15) is 24.0 Å². The van der Waals surface area contributed by atoms with Gasteiger partial charge in [0.05, 0.1) is 10.6 Å². The molecule has 0 aliphatic heterocycles. The average molecular weight is 343 g/mol. The molecular formula is C15H13BrF2O2. The Morgan fingerprint density at radius 3 is 2.60 bits per heavy atom. The maximum Gasteiger partial charge on any atom is 0.137 e. The number of rotatable bonds is 4. The van der Waals surface area contributed by atoms with Crippen molar-refractivity contribution in [3.05, 3.63) is 63.6 Å². The van der Waals surface area contributed by atoms with Crippen LogP contribution in [-0.4, -0.2) is 5.11 Å². The third-order valence-electron chi connectivity index (χ3n) is 2.80. The molecule has 106 valence electrons. The molecule has 0 aromatic heterocycles. The van der Waals surface area contributed by atoms with Crippen LogP contribution in [0, 0.1) is 11.6 Å². The lowest BCUT2D eigenvalue weighted by Gasteiger charge is -2.13. The Bertz CT molecular complexity index is 615. The van der Waals surface area contributed by atoms with E-state index in [4.69, 9.17) is 4.74 Å². The summed E-state index contributed by atoms with van der Waals surface area (Å²) in [7, 11) is 0. The zero-order valence-corrected chi connectivity index (χ0v) is 12.3. The molecule has 2 aromatic carbocycles. The third kappa shape index (κ3) is 3.55. The van der Waals surface area contributed by atoms with Crippen LogP contribution < -0.4 is 4.74 Å². The summed E-state index contributed by atoms with van der Waals surface area (Å²) in [6.07, 6.45) is -0.833. The molecule has 20 heavy (non-hydrogen) atoms. The van der Waals surface area contributed by atoms with E-state index in [9.17, 15) is 13.9 Å². The zero-order chi connectivity index (χ0) is 14.7. The van der Waals surface area contributed by atoms with Gasteiger partial charge in [-0.15, -0.1) is 0 Å². The maximum absolute atomic E-state index is 13.2. The molecule has 0 aliphatic rings. The Hall–Kier alpha value is -1.46. The molecule has 0 fully saturated rings. The molecule has 2 aromatic rings. The molecular weight excluding hydrogens is 330 g/mol. The number of halogens is 3. The number of hydrogen-bond donors (Lipinski definition) is 1. The Balaban J connectivity index is 2.16. The number of hydrogen-bond acceptors (Lipinski definition) is 2. The lowest BCUT2D eigenvalue weighted by molar-refractivity contribution is 0.189. The third-order valence-corrected chi connectivity index (χ3v) is 3.41. The summed E-state index contributed by atoms with van der Waals surface area (Å²) in [4.78, 5) is 0. The molecule has 0 saturated heterocycles. The molecule has 0 amide bonds. The highest BCUT2D eigenvalue weighted by molar-refractivity contribution is 9.10. The first kappa shape index (κ1) is 14.9. The van der Waals surface area contributed by atoms with Gasteiger partial charge in [-0.05, 0) is 58.7 Å². The van der Waals surface area contributed by atoms with E-state index in [0.717, 1.165) is 5.56 Å². The van der Waals surface area contributed by atoms with Gasteiger partial charge in [-0.1, -0.05) is 6.07 Å². The molecule has 5 heteroatoms. The number of benzene rings is 2. The summed E-state index contributed by atoms with van der Waals surface area (Å²) in [5, 5.41) is 9.60. The van der Waals surface area contributed by atoms with E-state index in [0.29, 0.717) is 15.8 Å². The zero-order valence-electron chi connectivity index (χ0n) is 10.7. The fraction of sp³-hybridized carbons (Fsp3) is 0.200. The maximum atomic E-state index is 13.2. The van der Waals surface area contributed by atoms with Crippen LogP contribution in [0.2, 0.25) is 0 Å². The van der Waals surface area contributed by atoms with Gasteiger partial charge in [0.15, 0.2) is 0 Å². The largest absolute Gasteiger partial charge is 0.489 e. The molecule has 0 heterocycles. The van der Waals surface area contributed by atoms with E-state index in [1.54, 1.807) is 12.1 Å². The summed E-state index contributed by atoms with van der Waals surface area (Å²) in [5.74, 6) is -0.375. The van der Waals surface area contributed by atoms with Crippen molar-refractivity contribution in [2.45, 2.75) is 19.6 Å². The second-order valence-corrected chi connectivity index (χ2v) is 5.25. The van der Waals surface area contributed by atoms with Crippen LogP contribution in [0.25, 0.3) is 0 Å². The van der Waals surface area contributed by atoms with E-state index in [1.165, 1.54) is 31.2 Å². The van der Waals surface area contributed by atoms with Crippen molar-refractivity contribution in [1.82, 2.24) is 0 Å². The Morgan fingerprint density at radius 1 is 1.20 bits per heavy atom. The number of ether oxygens (including phenoxy) is 1. The minimum Gasteiger partial charge on any atom is -0.489 e. The van der Waals surface area contributed by atoms with Crippen LogP contribution in [-0.2, 0) is 6.61 Å². The monoisotopic (exact) mass is 342 g/mol. The van der Waals surface area contributed by atoms with Crippen molar-refractivity contribution >= 4 is 15.9 Å². The molecule has 2 nitrogen and oxygen atoms in total. The van der Waals surface area contributed by atoms with Gasteiger partial charge in [-0.3, -0.25) is 0 Å². The molecule has 0 bridgehead atoms. The molecule has 0 aliphatic carbocycles. The van der Waals surface area contributed by atoms with Crippen LogP contribution in [0.1, 0.15) is 24.2 Å². The van der Waals surface area contributed by atoms with Gasteiger partial charge in [0.2, 0.25) is 0 Å². The summed E-state index contributed by atoms with van der Waals surface area (Å²) in [6, 6.07) is 8.52. The molecule has 0 unspecified atom stereocenters. The van der Waals surface area contributed by atoms with Crippen LogP contribution in [0.15, 0.2) is 40.9 Å². The highest BCUT2D eigenvalue weighted by Crippen LogP contribution is 2.27. The number of aliphatic hydroxyl groups is 1. The first-order valence-electron chi connectivity index (χ1n) is 6.01. The summed E-state index contributed by atoms with van der Waals surface area (Å²) < 4.78 is 32.2. The molecule has 2 rings (SSSR count). The standard InChI is InChI=1S/C15H13BrF2O2/c1-9(19)12-7-11(17)3-5-15(12)20-8-10-2-4-14(18)13(16)6-10/h2-7,9,19H,8H2,1H3/t9-/m1/s1. The SMILES string of the molecule is C[C@@H](O)c1cc(F)ccc1OCc1ccc(F)c(Br)c1. The van der Waals surface area contributed by atoms with Crippen LogP contribution in [0.5, 0.6) is 5.75 Å². The van der Waals surface area contributed by atoms with Crippen molar-refractivity contribution in [2.24, 2.45) is 0 Å². The van der Waals surface area contributed by atoms with Gasteiger partial charge in [0, 0.05) is 5.56 Å². The first-order chi connectivity index (χ1) is 9.47. The van der Waals surface area contributed by atoms with Crippen molar-refractivity contribution in [3.8, 4) is 5.75 Å². The number of aliphatic hydroxyl groups excluding tert-OH is 1. The second kappa shape index (κ2) is 6.33. The van der Waals surface area contributed by atoms with Crippen molar-refractivity contribution in [3.63, 3.8) is 0 Å². The summed E-state index contributed by atoms with van der Waals surface area (Å²) in [5.41, 5.74) is 1.14. The quantitative estimate of drug-likeness (QED) is 0.894. The molecule has 0 saturated carbocycles. The molecule has 0 spiro atoms. The van der Waals surface area contributed by atoms with Gasteiger partial charge in [-0.2, -0.15) is 0 Å². The average Bonchev–Trinajstić information content (AvgIpc) is 2.41. The molecule has 0 radical (unpaired) electrons. The Kier molecular flexibility index (Phi) is 4.73. The van der Waals surface area contributed by atoms with E-state index in [1.807, 2.05) is 0 Å². The molecule has 1 atom stereocenters. The predicted molar refractivity (Wildman–Crippen MR) is 75.5 cm³/mol. The van der Waals surface area contributed by atoms with Crippen molar-refractivity contribution < 1.29 is 18.6 Å². The highest BCUT2D eigenvalue weighted by Gasteiger charge is 2.11. The fourth-order valence-corrected chi connectivity index (χ4v) is 2.19. The van der Waals surface area contributed by atoms with Crippen LogP contribution in [0.4, 0.5) is 8.78 Å². The van der Waals surface area contributed by atoms with E-state index >= 15 is 0 Å². The van der Waals surface area contributed by atoms with E-state index < -0.39 is 11.9 Å². The van der Waals surface area contributed by atoms with Crippen molar-refractivity contribution in [1.29, 1.82) is 0 Å². The summed E-state index contributed by atoms with van der Waals surface area (Å²) in [6.45, 7) is 1.74. The van der Waals surface area contributed by atoms with Gasteiger partial charge >= 0.3 is 0 Å².